The largest absolute Gasteiger partial charge is 0.430 e. The molecule has 0 heterocycles. The number of nitrogens with two attached hydrogens (primary N) is 1. The Kier molecular flexibility index (Phi) is 3.48. The lowest BCUT2D eigenvalue weighted by molar-refractivity contribution is -0.376. The third-order valence-corrected chi connectivity index (χ3v) is 2.56. The van der Waals surface area contributed by atoms with Crippen LogP contribution in [0.1, 0.15) is 11.1 Å². The van der Waals surface area contributed by atoms with Crippen molar-refractivity contribution in [1.82, 2.24) is 0 Å². The molecule has 1 aromatic rings. The van der Waals surface area contributed by atoms with E-state index in [9.17, 15) is 30.7 Å². The van der Waals surface area contributed by atoms with Crippen LogP contribution in [0.2, 0.25) is 0 Å². The van der Waals surface area contributed by atoms with Crippen molar-refractivity contribution in [3.63, 3.8) is 0 Å². The highest BCUT2D eigenvalue weighted by molar-refractivity contribution is 5.57. The van der Waals surface area contributed by atoms with E-state index >= 15 is 0 Å². The van der Waals surface area contributed by atoms with Crippen molar-refractivity contribution in [1.29, 1.82) is 0 Å². The van der Waals surface area contributed by atoms with E-state index in [-0.39, 0.29) is 11.6 Å². The minimum absolute atomic E-state index is 0.0800. The van der Waals surface area contributed by atoms with E-state index in [2.05, 4.69) is 0 Å². The normalized spacial score (nSPS) is 13.7. The van der Waals surface area contributed by atoms with Crippen LogP contribution in [0.4, 0.5) is 36.4 Å². The maximum absolute atomic E-state index is 13.0. The Morgan fingerprint density at radius 1 is 1.00 bits per heavy atom. The SMILES string of the molecule is Cc1cc(F)cc(C(O)(C(F)(F)F)C(F)(F)F)c1N. The van der Waals surface area contributed by atoms with Crippen LogP contribution >= 0.6 is 0 Å². The first-order valence-electron chi connectivity index (χ1n) is 4.74. The monoisotopic (exact) mass is 291 g/mol. The maximum atomic E-state index is 13.0. The predicted molar refractivity (Wildman–Crippen MR) is 51.6 cm³/mol. The van der Waals surface area contributed by atoms with E-state index in [1.807, 2.05) is 0 Å². The van der Waals surface area contributed by atoms with E-state index in [0.717, 1.165) is 6.92 Å². The first-order chi connectivity index (χ1) is 8.32. The fraction of sp³-hybridized carbons (Fsp3) is 0.400. The molecule has 0 saturated heterocycles. The van der Waals surface area contributed by atoms with E-state index in [4.69, 9.17) is 10.8 Å². The van der Waals surface area contributed by atoms with Crippen LogP contribution in [0.15, 0.2) is 12.1 Å². The molecule has 3 N–H and O–H groups in total. The van der Waals surface area contributed by atoms with Gasteiger partial charge in [-0.05, 0) is 24.6 Å². The zero-order chi connectivity index (χ0) is 15.2. The molecule has 0 amide bonds. The van der Waals surface area contributed by atoms with Gasteiger partial charge in [-0.3, -0.25) is 0 Å². The Morgan fingerprint density at radius 3 is 1.79 bits per heavy atom. The van der Waals surface area contributed by atoms with E-state index in [0.29, 0.717) is 6.07 Å². The summed E-state index contributed by atoms with van der Waals surface area (Å²) in [5, 5.41) is 9.09. The number of rotatable bonds is 1. The predicted octanol–water partition coefficient (Wildman–Crippen LogP) is 3.03. The maximum Gasteiger partial charge on any atom is 0.430 e. The fourth-order valence-electron chi connectivity index (χ4n) is 1.52. The molecule has 0 aliphatic carbocycles. The minimum atomic E-state index is -6.10. The van der Waals surface area contributed by atoms with Crippen LogP contribution in [0.25, 0.3) is 0 Å². The van der Waals surface area contributed by atoms with Crippen LogP contribution in [-0.2, 0) is 5.60 Å². The summed E-state index contributed by atoms with van der Waals surface area (Å²) in [5.41, 5.74) is -3.21. The van der Waals surface area contributed by atoms with Gasteiger partial charge in [-0.1, -0.05) is 0 Å². The number of benzene rings is 1. The molecule has 0 atom stereocenters. The molecule has 0 unspecified atom stereocenters. The van der Waals surface area contributed by atoms with Gasteiger partial charge in [0.2, 0.25) is 0 Å². The molecule has 0 aromatic heterocycles. The van der Waals surface area contributed by atoms with Crippen molar-refractivity contribution in [3.05, 3.63) is 29.1 Å². The van der Waals surface area contributed by atoms with Gasteiger partial charge in [-0.2, -0.15) is 26.3 Å². The first kappa shape index (κ1) is 15.5. The molecule has 1 aromatic carbocycles. The molecular weight excluding hydrogens is 283 g/mol. The second-order valence-corrected chi connectivity index (χ2v) is 3.89. The van der Waals surface area contributed by atoms with Crippen LogP contribution in [0.5, 0.6) is 0 Å². The molecule has 0 aliphatic heterocycles. The molecule has 1 rings (SSSR count). The van der Waals surface area contributed by atoms with Gasteiger partial charge >= 0.3 is 12.4 Å². The summed E-state index contributed by atoms with van der Waals surface area (Å²) in [6, 6.07) is 0.579. The van der Waals surface area contributed by atoms with Gasteiger partial charge in [-0.25, -0.2) is 4.39 Å². The summed E-state index contributed by atoms with van der Waals surface area (Å²) in [7, 11) is 0. The average molecular weight is 291 g/mol. The first-order valence-corrected chi connectivity index (χ1v) is 4.74. The molecule has 0 radical (unpaired) electrons. The zero-order valence-corrected chi connectivity index (χ0v) is 9.33. The summed E-state index contributed by atoms with van der Waals surface area (Å²) in [4.78, 5) is 0. The minimum Gasteiger partial charge on any atom is -0.398 e. The quantitative estimate of drug-likeness (QED) is 0.617. The lowest BCUT2D eigenvalue weighted by Gasteiger charge is -2.33. The van der Waals surface area contributed by atoms with E-state index in [1.165, 1.54) is 0 Å². The Balaban J connectivity index is 3.71. The second-order valence-electron chi connectivity index (χ2n) is 3.89. The third kappa shape index (κ3) is 2.34. The molecule has 0 saturated carbocycles. The molecule has 0 fully saturated rings. The lowest BCUT2D eigenvalue weighted by atomic mass is 9.89. The second kappa shape index (κ2) is 4.26. The number of aliphatic hydroxyl groups is 1. The summed E-state index contributed by atoms with van der Waals surface area (Å²) < 4.78 is 88.5. The number of hydrogen-bond donors (Lipinski definition) is 2. The van der Waals surface area contributed by atoms with Gasteiger partial charge < -0.3 is 10.8 Å². The topological polar surface area (TPSA) is 46.2 Å². The summed E-state index contributed by atoms with van der Waals surface area (Å²) in [6.45, 7) is 1.02. The van der Waals surface area contributed by atoms with Crippen molar-refractivity contribution < 1.29 is 35.8 Å². The van der Waals surface area contributed by atoms with Crippen molar-refractivity contribution in [2.24, 2.45) is 0 Å². The highest BCUT2D eigenvalue weighted by Gasteiger charge is 2.72. The lowest BCUT2D eigenvalue weighted by Crippen LogP contribution is -2.54. The van der Waals surface area contributed by atoms with Crippen molar-refractivity contribution in [3.8, 4) is 0 Å². The summed E-state index contributed by atoms with van der Waals surface area (Å²) in [5.74, 6) is -1.37. The standard InChI is InChI=1S/C10H8F7NO/c1-4-2-5(11)3-6(7(4)18)8(19,9(12,13)14)10(15,16)17/h2-3,19H,18H2,1H3. The Hall–Kier alpha value is -1.51. The van der Waals surface area contributed by atoms with Gasteiger partial charge in [0.25, 0.3) is 5.60 Å². The van der Waals surface area contributed by atoms with E-state index in [1.54, 1.807) is 0 Å². The smallest absolute Gasteiger partial charge is 0.398 e. The molecule has 0 bridgehead atoms. The number of halogens is 7. The number of aryl methyl sites for hydroxylation is 1. The van der Waals surface area contributed by atoms with Gasteiger partial charge in [0.05, 0.1) is 0 Å². The third-order valence-electron chi connectivity index (χ3n) is 2.56. The van der Waals surface area contributed by atoms with Crippen molar-refractivity contribution >= 4 is 5.69 Å². The highest BCUT2D eigenvalue weighted by Crippen LogP contribution is 2.51. The Labute approximate surface area is 102 Å². The Bertz CT molecular complexity index is 478. The molecule has 9 heteroatoms. The van der Waals surface area contributed by atoms with Crippen LogP contribution < -0.4 is 5.73 Å². The van der Waals surface area contributed by atoms with Gasteiger partial charge in [0.1, 0.15) is 5.82 Å². The summed E-state index contributed by atoms with van der Waals surface area (Å²) >= 11 is 0. The number of alkyl halides is 6. The average Bonchev–Trinajstić information content (AvgIpc) is 2.18. The van der Waals surface area contributed by atoms with Crippen LogP contribution in [0, 0.1) is 12.7 Å². The zero-order valence-electron chi connectivity index (χ0n) is 9.33. The van der Waals surface area contributed by atoms with Crippen molar-refractivity contribution in [2.75, 3.05) is 5.73 Å². The fourth-order valence-corrected chi connectivity index (χ4v) is 1.52. The molecule has 0 aliphatic rings. The molecule has 108 valence electrons. The van der Waals surface area contributed by atoms with Gasteiger partial charge in [0, 0.05) is 11.3 Å². The molecular formula is C10H8F7NO. The molecule has 19 heavy (non-hydrogen) atoms. The number of anilines is 1. The van der Waals surface area contributed by atoms with Crippen molar-refractivity contribution in [2.45, 2.75) is 24.9 Å². The van der Waals surface area contributed by atoms with Gasteiger partial charge in [-0.15, -0.1) is 0 Å². The summed E-state index contributed by atoms with van der Waals surface area (Å²) in [6.07, 6.45) is -12.2. The number of nitrogen functional groups attached to an aromatic ring is 1. The highest BCUT2D eigenvalue weighted by atomic mass is 19.4. The van der Waals surface area contributed by atoms with Crippen LogP contribution in [-0.4, -0.2) is 17.5 Å². The van der Waals surface area contributed by atoms with E-state index < -0.39 is 35.0 Å². The van der Waals surface area contributed by atoms with Crippen LogP contribution in [0.3, 0.4) is 0 Å². The molecule has 0 spiro atoms. The number of hydrogen-bond acceptors (Lipinski definition) is 2. The van der Waals surface area contributed by atoms with Gasteiger partial charge in [0.15, 0.2) is 0 Å². The molecule has 2 nitrogen and oxygen atoms in total. The Morgan fingerprint density at radius 2 is 1.42 bits per heavy atom.